The topological polar surface area (TPSA) is 125 Å². The van der Waals surface area contributed by atoms with Crippen LogP contribution in [0.25, 0.3) is 11.4 Å². The summed E-state index contributed by atoms with van der Waals surface area (Å²) in [6, 6.07) is 0.518. The van der Waals surface area contributed by atoms with E-state index >= 15 is 0 Å². The lowest BCUT2D eigenvalue weighted by Gasteiger charge is -2.37. The van der Waals surface area contributed by atoms with Crippen molar-refractivity contribution >= 4 is 29.2 Å². The molecular weight excluding hydrogens is 570 g/mol. The molecule has 0 radical (unpaired) electrons. The largest absolute Gasteiger partial charge is 0.444 e. The van der Waals surface area contributed by atoms with Crippen LogP contribution in [-0.2, 0) is 33.5 Å². The highest BCUT2D eigenvalue weighted by molar-refractivity contribution is 7.08. The van der Waals surface area contributed by atoms with E-state index in [1.54, 1.807) is 37.6 Å². The molecule has 1 fully saturated rings. The summed E-state index contributed by atoms with van der Waals surface area (Å²) in [6.07, 6.45) is -9.88. The molecule has 0 saturated carbocycles. The molecule has 3 amide bonds. The molecule has 2 aromatic rings. The molecule has 15 heteroatoms. The number of aromatic nitrogens is 2. The van der Waals surface area contributed by atoms with Gasteiger partial charge in [-0.05, 0) is 45.1 Å². The van der Waals surface area contributed by atoms with Crippen LogP contribution < -0.4 is 5.32 Å². The number of fused-ring (bicyclic) bond motifs is 1. The minimum absolute atomic E-state index is 0.0617. The number of hydrogen-bond donors (Lipinski definition) is 2. The first-order valence-electron chi connectivity index (χ1n) is 13.0. The Morgan fingerprint density at radius 3 is 2.61 bits per heavy atom. The molecule has 1 saturated heterocycles. The fourth-order valence-electron chi connectivity index (χ4n) is 4.72. The van der Waals surface area contributed by atoms with E-state index in [1.807, 2.05) is 0 Å². The molecule has 41 heavy (non-hydrogen) atoms. The number of alkyl carbamates (subject to hydrolysis) is 1. The molecule has 0 spiro atoms. The molecule has 0 aromatic carbocycles. The summed E-state index contributed by atoms with van der Waals surface area (Å²) in [4.78, 5) is 48.6. The zero-order chi connectivity index (χ0) is 30.1. The number of nitrogens with zero attached hydrogens (tertiary/aromatic N) is 4. The molecule has 2 aliphatic rings. The van der Waals surface area contributed by atoms with Crippen LogP contribution in [0.2, 0.25) is 0 Å². The Kier molecular flexibility index (Phi) is 8.87. The summed E-state index contributed by atoms with van der Waals surface area (Å²) in [5, 5.41) is 16.1. The van der Waals surface area contributed by atoms with Gasteiger partial charge < -0.3 is 25.0 Å². The number of ether oxygens (including phenoxy) is 1. The van der Waals surface area contributed by atoms with Gasteiger partial charge in [-0.25, -0.2) is 19.2 Å². The normalized spacial score (nSPS) is 20.4. The number of hydrogen-bond acceptors (Lipinski definition) is 8. The average Bonchev–Trinajstić information content (AvgIpc) is 3.41. The van der Waals surface area contributed by atoms with Crippen molar-refractivity contribution in [2.75, 3.05) is 13.1 Å². The van der Waals surface area contributed by atoms with Gasteiger partial charge in [-0.2, -0.15) is 24.5 Å². The molecule has 224 valence electrons. The number of likely N-dealkylation sites (tertiary alicyclic amines) is 1. The number of amides is 3. The zero-order valence-corrected chi connectivity index (χ0v) is 23.5. The van der Waals surface area contributed by atoms with Crippen LogP contribution in [0.4, 0.5) is 22.4 Å². The van der Waals surface area contributed by atoms with Gasteiger partial charge in [0, 0.05) is 42.4 Å². The molecule has 4 heterocycles. The van der Waals surface area contributed by atoms with Gasteiger partial charge >= 0.3 is 12.3 Å². The van der Waals surface area contributed by atoms with E-state index in [0.717, 1.165) is 4.90 Å². The quantitative estimate of drug-likeness (QED) is 0.484. The number of halogens is 4. The molecule has 10 nitrogen and oxygen atoms in total. The number of carbonyl (C=O) groups is 3. The lowest BCUT2D eigenvalue weighted by atomic mass is 10.0. The lowest BCUT2D eigenvalue weighted by molar-refractivity contribution is -0.156. The van der Waals surface area contributed by atoms with E-state index in [-0.39, 0.29) is 56.0 Å². The summed E-state index contributed by atoms with van der Waals surface area (Å²) >= 11 is 1.28. The van der Waals surface area contributed by atoms with Gasteiger partial charge in [0.15, 0.2) is 17.7 Å². The highest BCUT2D eigenvalue weighted by Crippen LogP contribution is 2.35. The van der Waals surface area contributed by atoms with Gasteiger partial charge in [-0.1, -0.05) is 0 Å². The van der Waals surface area contributed by atoms with E-state index in [2.05, 4.69) is 15.3 Å². The molecule has 2 unspecified atom stereocenters. The molecule has 0 bridgehead atoms. The van der Waals surface area contributed by atoms with Crippen molar-refractivity contribution in [3.8, 4) is 11.4 Å². The van der Waals surface area contributed by atoms with Crippen molar-refractivity contribution in [3.63, 3.8) is 0 Å². The number of carbonyl (C=O) groups excluding carboxylic acids is 3. The van der Waals surface area contributed by atoms with Crippen LogP contribution in [0.1, 0.15) is 57.0 Å². The van der Waals surface area contributed by atoms with Crippen LogP contribution in [-0.4, -0.2) is 79.9 Å². The maximum atomic E-state index is 14.2. The third-order valence-corrected chi connectivity index (χ3v) is 7.31. The number of piperidine rings is 1. The summed E-state index contributed by atoms with van der Waals surface area (Å²) in [5.74, 6) is -1.19. The second-order valence-electron chi connectivity index (χ2n) is 11.0. The minimum atomic E-state index is -4.72. The Hall–Kier alpha value is -3.33. The molecular formula is C26H31F4N5O5S. The van der Waals surface area contributed by atoms with Gasteiger partial charge in [-0.3, -0.25) is 9.59 Å². The SMILES string of the molecule is CC(C)(C)OC(=O)N[C@@H](CC(=O)N1CCc2c(nc(-c3ccsc3)nc2C(F)(F)F)C1)CN1C(=O)CCC(F)C1O. The first-order valence-corrected chi connectivity index (χ1v) is 13.9. The Morgan fingerprint density at radius 1 is 1.24 bits per heavy atom. The van der Waals surface area contributed by atoms with Crippen LogP contribution in [0, 0.1) is 0 Å². The van der Waals surface area contributed by atoms with Crippen molar-refractivity contribution in [2.24, 2.45) is 0 Å². The minimum Gasteiger partial charge on any atom is -0.444 e. The molecule has 4 rings (SSSR count). The monoisotopic (exact) mass is 601 g/mol. The van der Waals surface area contributed by atoms with E-state index in [0.29, 0.717) is 5.56 Å². The second kappa shape index (κ2) is 11.9. The summed E-state index contributed by atoms with van der Waals surface area (Å²) in [6.45, 7) is 4.22. The first-order chi connectivity index (χ1) is 19.1. The molecule has 2 aliphatic heterocycles. The predicted molar refractivity (Wildman–Crippen MR) is 139 cm³/mol. The second-order valence-corrected chi connectivity index (χ2v) is 11.7. The summed E-state index contributed by atoms with van der Waals surface area (Å²) in [7, 11) is 0. The molecule has 3 atom stereocenters. The number of thiophene rings is 1. The fourth-order valence-corrected chi connectivity index (χ4v) is 5.35. The van der Waals surface area contributed by atoms with E-state index in [9.17, 15) is 37.1 Å². The van der Waals surface area contributed by atoms with Gasteiger partial charge in [0.2, 0.25) is 11.8 Å². The Balaban J connectivity index is 1.55. The molecule has 0 aliphatic carbocycles. The lowest BCUT2D eigenvalue weighted by Crippen LogP contribution is -2.56. The standard InChI is InChI=1S/C26H31F4N5O5S/c1-25(2,3)40-24(39)31-15(11-35-19(36)5-4-17(27)23(35)38)10-20(37)34-8-6-16-18(12-34)32-22(14-7-9-41-13-14)33-21(16)26(28,29)30/h7,9,13,15,17,23,38H,4-6,8,10-12H2,1-3H3,(H,31,39)/t15-,17?,23?/m0/s1. The third kappa shape index (κ3) is 7.50. The van der Waals surface area contributed by atoms with Gasteiger partial charge in [-0.15, -0.1) is 0 Å². The van der Waals surface area contributed by atoms with Crippen molar-refractivity contribution in [3.05, 3.63) is 33.8 Å². The number of rotatable bonds is 6. The smallest absolute Gasteiger partial charge is 0.433 e. The Bertz CT molecular complexity index is 1280. The van der Waals surface area contributed by atoms with Crippen molar-refractivity contribution in [2.45, 2.75) is 83.2 Å². The van der Waals surface area contributed by atoms with Crippen molar-refractivity contribution in [1.29, 1.82) is 0 Å². The van der Waals surface area contributed by atoms with Crippen LogP contribution >= 0.6 is 11.3 Å². The maximum Gasteiger partial charge on any atom is 0.433 e. The highest BCUT2D eigenvalue weighted by atomic mass is 32.1. The summed E-state index contributed by atoms with van der Waals surface area (Å²) < 4.78 is 61.1. The third-order valence-electron chi connectivity index (χ3n) is 6.62. The van der Waals surface area contributed by atoms with Crippen LogP contribution in [0.15, 0.2) is 16.8 Å². The average molecular weight is 602 g/mol. The van der Waals surface area contributed by atoms with Crippen molar-refractivity contribution < 1.29 is 41.8 Å². The number of alkyl halides is 4. The molecule has 2 aromatic heterocycles. The highest BCUT2D eigenvalue weighted by Gasteiger charge is 2.40. The Morgan fingerprint density at radius 2 is 1.98 bits per heavy atom. The van der Waals surface area contributed by atoms with Crippen LogP contribution in [0.5, 0.6) is 0 Å². The van der Waals surface area contributed by atoms with Gasteiger partial charge in [0.1, 0.15) is 11.8 Å². The molecule has 2 N–H and O–H groups in total. The van der Waals surface area contributed by atoms with Gasteiger partial charge in [0.25, 0.3) is 0 Å². The zero-order valence-electron chi connectivity index (χ0n) is 22.7. The van der Waals surface area contributed by atoms with E-state index in [1.165, 1.54) is 16.2 Å². The number of aliphatic hydroxyl groups is 1. The van der Waals surface area contributed by atoms with E-state index in [4.69, 9.17) is 4.74 Å². The van der Waals surface area contributed by atoms with Crippen molar-refractivity contribution in [1.82, 2.24) is 25.1 Å². The Labute approximate surface area is 237 Å². The fraction of sp³-hybridized carbons (Fsp3) is 0.577. The van der Waals surface area contributed by atoms with Crippen LogP contribution in [0.3, 0.4) is 0 Å². The first kappa shape index (κ1) is 30.6. The van der Waals surface area contributed by atoms with Gasteiger partial charge in [0.05, 0.1) is 18.3 Å². The number of nitrogens with one attached hydrogen (secondary N) is 1. The summed E-state index contributed by atoms with van der Waals surface area (Å²) in [5.41, 5.74) is -1.52. The van der Waals surface area contributed by atoms with E-state index < -0.39 is 60.2 Å². The number of aliphatic hydroxyl groups excluding tert-OH is 1. The maximum absolute atomic E-state index is 14.2. The predicted octanol–water partition coefficient (Wildman–Crippen LogP) is 3.67.